The van der Waals surface area contributed by atoms with Crippen molar-refractivity contribution in [2.45, 2.75) is 26.3 Å². The number of hydrogen-bond acceptors (Lipinski definition) is 3. The second-order valence-electron chi connectivity index (χ2n) is 8.52. The Labute approximate surface area is 198 Å². The average Bonchev–Trinajstić information content (AvgIpc) is 3.45. The van der Waals surface area contributed by atoms with Crippen LogP contribution in [0.2, 0.25) is 0 Å². The Morgan fingerprint density at radius 2 is 1.50 bits per heavy atom. The molecule has 0 N–H and O–H groups in total. The lowest BCUT2D eigenvalue weighted by Gasteiger charge is -2.13. The first-order valence-corrected chi connectivity index (χ1v) is 11.7. The summed E-state index contributed by atoms with van der Waals surface area (Å²) in [4.78, 5) is 14.2. The quantitative estimate of drug-likeness (QED) is 0.298. The summed E-state index contributed by atoms with van der Waals surface area (Å²) >= 11 is 0. The molecule has 6 aromatic rings. The first-order valence-electron chi connectivity index (χ1n) is 11.7. The van der Waals surface area contributed by atoms with E-state index in [2.05, 4.69) is 99.9 Å². The Kier molecular flexibility index (Phi) is 5.15. The van der Waals surface area contributed by atoms with Crippen molar-refractivity contribution in [3.8, 4) is 17.1 Å². The maximum absolute atomic E-state index is 4.81. The van der Waals surface area contributed by atoms with Crippen LogP contribution in [0.15, 0.2) is 97.6 Å². The summed E-state index contributed by atoms with van der Waals surface area (Å²) < 4.78 is 4.37. The molecular formula is C29H25N5. The third-order valence-corrected chi connectivity index (χ3v) is 6.32. The number of para-hydroxylation sites is 1. The number of aryl methyl sites for hydroxylation is 1. The summed E-state index contributed by atoms with van der Waals surface area (Å²) in [5.74, 6) is 0.814. The van der Waals surface area contributed by atoms with Gasteiger partial charge in [0.2, 0.25) is 0 Å². The van der Waals surface area contributed by atoms with Crippen LogP contribution in [0.5, 0.6) is 0 Å². The first-order chi connectivity index (χ1) is 16.8. The summed E-state index contributed by atoms with van der Waals surface area (Å²) in [7, 11) is 0. The highest BCUT2D eigenvalue weighted by molar-refractivity contribution is 5.95. The molecule has 3 aromatic carbocycles. The van der Waals surface area contributed by atoms with Crippen molar-refractivity contribution in [3.63, 3.8) is 0 Å². The van der Waals surface area contributed by atoms with E-state index in [1.165, 1.54) is 27.8 Å². The standard InChI is InChI=1S/C29H25N5/c1-2-11-24-23-16-9-10-17-25(23)34(27(24)22-14-7-4-8-15-22)29-26-28(30-19-31-29)33(20-32-26)18-21-12-5-3-6-13-21/h3-10,12-17,19-20H,2,11,18H2,1H3. The largest absolute Gasteiger partial charge is 0.311 e. The van der Waals surface area contributed by atoms with Gasteiger partial charge in [-0.05, 0) is 29.2 Å². The fraction of sp³-hybridized carbons (Fsp3) is 0.138. The molecule has 0 fully saturated rings. The lowest BCUT2D eigenvalue weighted by atomic mass is 10.0. The molecule has 3 aromatic heterocycles. The predicted octanol–water partition coefficient (Wildman–Crippen LogP) is 6.44. The van der Waals surface area contributed by atoms with E-state index < -0.39 is 0 Å². The van der Waals surface area contributed by atoms with E-state index in [1.807, 2.05) is 12.4 Å². The Morgan fingerprint density at radius 3 is 2.29 bits per heavy atom. The zero-order valence-corrected chi connectivity index (χ0v) is 19.1. The molecule has 0 aliphatic carbocycles. The lowest BCUT2D eigenvalue weighted by molar-refractivity contribution is 0.813. The molecule has 6 rings (SSSR count). The molecule has 0 spiro atoms. The molecule has 0 radical (unpaired) electrons. The van der Waals surface area contributed by atoms with E-state index in [9.17, 15) is 0 Å². The molecule has 0 atom stereocenters. The molecule has 0 saturated heterocycles. The fourth-order valence-corrected chi connectivity index (χ4v) is 4.86. The Morgan fingerprint density at radius 1 is 0.765 bits per heavy atom. The van der Waals surface area contributed by atoms with Crippen LogP contribution in [-0.2, 0) is 13.0 Å². The molecule has 0 amide bonds. The number of hydrogen-bond donors (Lipinski definition) is 0. The molecule has 0 bridgehead atoms. The van der Waals surface area contributed by atoms with Gasteiger partial charge in [0.15, 0.2) is 17.0 Å². The van der Waals surface area contributed by atoms with Gasteiger partial charge in [-0.2, -0.15) is 0 Å². The van der Waals surface area contributed by atoms with Gasteiger partial charge >= 0.3 is 0 Å². The van der Waals surface area contributed by atoms with Gasteiger partial charge in [-0.15, -0.1) is 0 Å². The van der Waals surface area contributed by atoms with Gasteiger partial charge in [-0.1, -0.05) is 92.2 Å². The minimum atomic E-state index is 0.715. The van der Waals surface area contributed by atoms with Crippen molar-refractivity contribution in [2.75, 3.05) is 0 Å². The van der Waals surface area contributed by atoms with Crippen LogP contribution >= 0.6 is 0 Å². The van der Waals surface area contributed by atoms with E-state index in [1.54, 1.807) is 6.33 Å². The van der Waals surface area contributed by atoms with E-state index in [0.29, 0.717) is 6.54 Å². The third kappa shape index (κ3) is 3.37. The van der Waals surface area contributed by atoms with E-state index >= 15 is 0 Å². The van der Waals surface area contributed by atoms with Gasteiger partial charge in [0, 0.05) is 5.39 Å². The van der Waals surface area contributed by atoms with Gasteiger partial charge in [0.05, 0.1) is 24.1 Å². The fourth-order valence-electron chi connectivity index (χ4n) is 4.86. The van der Waals surface area contributed by atoms with Crippen molar-refractivity contribution in [1.29, 1.82) is 0 Å². The molecule has 3 heterocycles. The van der Waals surface area contributed by atoms with Crippen LogP contribution in [-0.4, -0.2) is 24.1 Å². The number of aromatic nitrogens is 5. The number of benzene rings is 3. The highest BCUT2D eigenvalue weighted by Gasteiger charge is 2.22. The average molecular weight is 444 g/mol. The zero-order valence-electron chi connectivity index (χ0n) is 19.1. The molecular weight excluding hydrogens is 418 g/mol. The van der Waals surface area contributed by atoms with Gasteiger partial charge < -0.3 is 4.57 Å². The lowest BCUT2D eigenvalue weighted by Crippen LogP contribution is -2.04. The van der Waals surface area contributed by atoms with Crippen LogP contribution in [0.25, 0.3) is 39.1 Å². The molecule has 0 aliphatic rings. The Hall–Kier alpha value is -4.25. The Bertz CT molecular complexity index is 1580. The minimum absolute atomic E-state index is 0.715. The SMILES string of the molecule is CCCc1c(-c2ccccc2)n(-c2ncnc3c2ncn3Cc2ccccc2)c2ccccc12. The molecule has 166 valence electrons. The van der Waals surface area contributed by atoms with Gasteiger partial charge in [-0.3, -0.25) is 4.57 Å². The van der Waals surface area contributed by atoms with Gasteiger partial charge in [-0.25, -0.2) is 15.0 Å². The molecule has 0 saturated carbocycles. The van der Waals surface area contributed by atoms with Crippen LogP contribution in [0, 0.1) is 0 Å². The highest BCUT2D eigenvalue weighted by atomic mass is 15.2. The second kappa shape index (κ2) is 8.60. The highest BCUT2D eigenvalue weighted by Crippen LogP contribution is 2.37. The monoisotopic (exact) mass is 443 g/mol. The summed E-state index contributed by atoms with van der Waals surface area (Å²) in [6.07, 6.45) is 5.59. The van der Waals surface area contributed by atoms with Gasteiger partial charge in [0.1, 0.15) is 6.33 Å². The summed E-state index contributed by atoms with van der Waals surface area (Å²) in [6.45, 7) is 2.95. The minimum Gasteiger partial charge on any atom is -0.311 e. The summed E-state index contributed by atoms with van der Waals surface area (Å²) in [5, 5.41) is 1.26. The predicted molar refractivity (Wildman–Crippen MR) is 137 cm³/mol. The topological polar surface area (TPSA) is 48.5 Å². The van der Waals surface area contributed by atoms with Crippen LogP contribution < -0.4 is 0 Å². The second-order valence-corrected chi connectivity index (χ2v) is 8.52. The normalized spacial score (nSPS) is 11.4. The number of nitrogens with zero attached hydrogens (tertiary/aromatic N) is 5. The van der Waals surface area contributed by atoms with Crippen LogP contribution in [0.3, 0.4) is 0 Å². The third-order valence-electron chi connectivity index (χ3n) is 6.32. The zero-order chi connectivity index (χ0) is 22.9. The van der Waals surface area contributed by atoms with Crippen molar-refractivity contribution in [1.82, 2.24) is 24.1 Å². The van der Waals surface area contributed by atoms with Crippen molar-refractivity contribution >= 4 is 22.1 Å². The molecule has 34 heavy (non-hydrogen) atoms. The van der Waals surface area contributed by atoms with E-state index in [4.69, 9.17) is 9.97 Å². The summed E-state index contributed by atoms with van der Waals surface area (Å²) in [5.41, 5.74) is 7.70. The molecule has 0 aliphatic heterocycles. The first kappa shape index (κ1) is 20.4. The van der Waals surface area contributed by atoms with E-state index in [-0.39, 0.29) is 0 Å². The summed E-state index contributed by atoms with van der Waals surface area (Å²) in [6, 6.07) is 29.6. The number of fused-ring (bicyclic) bond motifs is 2. The number of rotatable bonds is 6. The maximum Gasteiger partial charge on any atom is 0.169 e. The molecule has 0 unspecified atom stereocenters. The van der Waals surface area contributed by atoms with Crippen LogP contribution in [0.1, 0.15) is 24.5 Å². The van der Waals surface area contributed by atoms with E-state index in [0.717, 1.165) is 35.3 Å². The van der Waals surface area contributed by atoms with Crippen molar-refractivity contribution < 1.29 is 0 Å². The smallest absolute Gasteiger partial charge is 0.169 e. The van der Waals surface area contributed by atoms with Crippen LogP contribution in [0.4, 0.5) is 0 Å². The van der Waals surface area contributed by atoms with Crippen molar-refractivity contribution in [2.24, 2.45) is 0 Å². The number of imidazole rings is 1. The van der Waals surface area contributed by atoms with Gasteiger partial charge in [0.25, 0.3) is 0 Å². The molecule has 5 nitrogen and oxygen atoms in total. The maximum atomic E-state index is 4.81. The molecule has 5 heteroatoms. The Balaban J connectivity index is 1.62. The van der Waals surface area contributed by atoms with Crippen molar-refractivity contribution in [3.05, 3.63) is 109 Å².